The van der Waals surface area contributed by atoms with E-state index in [1.807, 2.05) is 30.3 Å². The topological polar surface area (TPSA) is 44.5 Å². The van der Waals surface area contributed by atoms with Gasteiger partial charge in [-0.05, 0) is 30.2 Å². The Bertz CT molecular complexity index is 569. The smallest absolute Gasteiger partial charge is 0.165 e. The van der Waals surface area contributed by atoms with Crippen molar-refractivity contribution in [1.29, 1.82) is 0 Å². The summed E-state index contributed by atoms with van der Waals surface area (Å²) in [6.45, 7) is 0. The lowest BCUT2D eigenvalue weighted by Crippen LogP contribution is -2.14. The summed E-state index contributed by atoms with van der Waals surface area (Å²) in [6.07, 6.45) is 0.747. The molecule has 2 aromatic carbocycles. The maximum atomic E-state index is 6.32. The van der Waals surface area contributed by atoms with Gasteiger partial charge in [0, 0.05) is 16.1 Å². The van der Waals surface area contributed by atoms with Crippen LogP contribution >= 0.6 is 15.9 Å². The van der Waals surface area contributed by atoms with Gasteiger partial charge in [0.25, 0.3) is 0 Å². The molecule has 0 bridgehead atoms. The summed E-state index contributed by atoms with van der Waals surface area (Å²) in [5.74, 6) is 1.41. The molecule has 0 fully saturated rings. The first-order valence-electron chi connectivity index (χ1n) is 6.36. The summed E-state index contributed by atoms with van der Waals surface area (Å²) in [7, 11) is 3.26. The van der Waals surface area contributed by atoms with Crippen molar-refractivity contribution in [3.63, 3.8) is 0 Å². The Hall–Kier alpha value is -1.52. The third-order valence-corrected chi connectivity index (χ3v) is 3.73. The average molecular weight is 336 g/mol. The normalized spacial score (nSPS) is 12.0. The molecule has 0 spiro atoms. The Balaban J connectivity index is 2.24. The molecule has 0 aliphatic carbocycles. The highest BCUT2D eigenvalue weighted by Gasteiger charge is 2.16. The molecule has 3 nitrogen and oxygen atoms in total. The van der Waals surface area contributed by atoms with Crippen molar-refractivity contribution in [3.05, 3.63) is 58.1 Å². The van der Waals surface area contributed by atoms with Crippen LogP contribution in [0, 0.1) is 0 Å². The summed E-state index contributed by atoms with van der Waals surface area (Å²) in [5, 5.41) is 0. The summed E-state index contributed by atoms with van der Waals surface area (Å²) in [6, 6.07) is 13.8. The number of benzene rings is 2. The van der Waals surface area contributed by atoms with E-state index in [2.05, 4.69) is 28.1 Å². The Morgan fingerprint density at radius 3 is 2.35 bits per heavy atom. The van der Waals surface area contributed by atoms with Crippen molar-refractivity contribution in [1.82, 2.24) is 0 Å². The van der Waals surface area contributed by atoms with Crippen LogP contribution in [0.15, 0.2) is 46.9 Å². The Morgan fingerprint density at radius 2 is 1.75 bits per heavy atom. The molecule has 1 unspecified atom stereocenters. The molecule has 2 aromatic rings. The largest absolute Gasteiger partial charge is 0.493 e. The summed E-state index contributed by atoms with van der Waals surface area (Å²) < 4.78 is 11.8. The highest BCUT2D eigenvalue weighted by Crippen LogP contribution is 2.34. The second kappa shape index (κ2) is 6.77. The minimum atomic E-state index is -0.138. The van der Waals surface area contributed by atoms with Gasteiger partial charge < -0.3 is 15.2 Å². The second-order valence-corrected chi connectivity index (χ2v) is 5.44. The lowest BCUT2D eigenvalue weighted by atomic mass is 9.98. The van der Waals surface area contributed by atoms with Crippen LogP contribution in [0.25, 0.3) is 0 Å². The van der Waals surface area contributed by atoms with Crippen LogP contribution < -0.4 is 15.2 Å². The molecule has 106 valence electrons. The van der Waals surface area contributed by atoms with Crippen molar-refractivity contribution >= 4 is 15.9 Å². The minimum Gasteiger partial charge on any atom is -0.493 e. The van der Waals surface area contributed by atoms with E-state index in [1.165, 1.54) is 5.56 Å². The van der Waals surface area contributed by atoms with Gasteiger partial charge in [-0.3, -0.25) is 0 Å². The van der Waals surface area contributed by atoms with Gasteiger partial charge in [0.15, 0.2) is 11.5 Å². The first kappa shape index (κ1) is 14.9. The molecule has 0 saturated carbocycles. The number of hydrogen-bond donors (Lipinski definition) is 1. The van der Waals surface area contributed by atoms with Gasteiger partial charge in [-0.25, -0.2) is 0 Å². The van der Waals surface area contributed by atoms with Crippen LogP contribution in [0.2, 0.25) is 0 Å². The van der Waals surface area contributed by atoms with Crippen LogP contribution in [0.3, 0.4) is 0 Å². The fourth-order valence-electron chi connectivity index (χ4n) is 2.19. The van der Waals surface area contributed by atoms with Crippen LogP contribution in [0.4, 0.5) is 0 Å². The fourth-order valence-corrected chi connectivity index (χ4v) is 2.45. The molecular weight excluding hydrogens is 318 g/mol. The van der Waals surface area contributed by atoms with Gasteiger partial charge in [-0.2, -0.15) is 0 Å². The third-order valence-electron chi connectivity index (χ3n) is 3.20. The van der Waals surface area contributed by atoms with E-state index >= 15 is 0 Å². The lowest BCUT2D eigenvalue weighted by molar-refractivity contribution is 0.349. The van der Waals surface area contributed by atoms with Gasteiger partial charge in [0.2, 0.25) is 0 Å². The zero-order chi connectivity index (χ0) is 14.5. The molecule has 0 aromatic heterocycles. The highest BCUT2D eigenvalue weighted by atomic mass is 79.9. The quantitative estimate of drug-likeness (QED) is 0.905. The Morgan fingerprint density at radius 1 is 1.05 bits per heavy atom. The van der Waals surface area contributed by atoms with Crippen LogP contribution in [-0.4, -0.2) is 14.2 Å². The predicted molar refractivity (Wildman–Crippen MR) is 84.3 cm³/mol. The third kappa shape index (κ3) is 3.32. The number of para-hydroxylation sites is 1. The molecule has 4 heteroatoms. The van der Waals surface area contributed by atoms with Gasteiger partial charge in [0.05, 0.1) is 14.2 Å². The van der Waals surface area contributed by atoms with E-state index in [0.717, 1.165) is 16.5 Å². The van der Waals surface area contributed by atoms with Gasteiger partial charge in [-0.1, -0.05) is 40.2 Å². The number of ether oxygens (including phenoxy) is 2. The number of halogens is 1. The standard InChI is InChI=1S/C16H18BrNO2/c1-19-15-5-3-4-13(16(15)20-2)14(18)10-11-6-8-12(17)9-7-11/h3-9,14H,10,18H2,1-2H3. The van der Waals surface area contributed by atoms with Crippen molar-refractivity contribution in [2.45, 2.75) is 12.5 Å². The van der Waals surface area contributed by atoms with Crippen LogP contribution in [-0.2, 0) is 6.42 Å². The molecule has 0 amide bonds. The molecule has 0 aliphatic rings. The molecular formula is C16H18BrNO2. The van der Waals surface area contributed by atoms with E-state index in [1.54, 1.807) is 14.2 Å². The predicted octanol–water partition coefficient (Wildman–Crippen LogP) is 3.71. The number of hydrogen-bond acceptors (Lipinski definition) is 3. The fraction of sp³-hybridized carbons (Fsp3) is 0.250. The zero-order valence-electron chi connectivity index (χ0n) is 11.6. The SMILES string of the molecule is COc1cccc(C(N)Cc2ccc(Br)cc2)c1OC. The van der Waals surface area contributed by atoms with E-state index in [-0.39, 0.29) is 6.04 Å². The highest BCUT2D eigenvalue weighted by molar-refractivity contribution is 9.10. The molecule has 20 heavy (non-hydrogen) atoms. The van der Waals surface area contributed by atoms with Crippen molar-refractivity contribution < 1.29 is 9.47 Å². The van der Waals surface area contributed by atoms with E-state index in [4.69, 9.17) is 15.2 Å². The Labute approximate surface area is 127 Å². The molecule has 0 saturated heterocycles. The molecule has 2 N–H and O–H groups in total. The Kier molecular flexibility index (Phi) is 5.04. The van der Waals surface area contributed by atoms with E-state index in [9.17, 15) is 0 Å². The molecule has 0 heterocycles. The molecule has 0 aliphatic heterocycles. The zero-order valence-corrected chi connectivity index (χ0v) is 13.2. The maximum absolute atomic E-state index is 6.32. The summed E-state index contributed by atoms with van der Waals surface area (Å²) in [5.41, 5.74) is 8.46. The number of methoxy groups -OCH3 is 2. The van der Waals surface area contributed by atoms with Gasteiger partial charge in [0.1, 0.15) is 0 Å². The van der Waals surface area contributed by atoms with E-state index < -0.39 is 0 Å². The van der Waals surface area contributed by atoms with Gasteiger partial charge >= 0.3 is 0 Å². The van der Waals surface area contributed by atoms with Crippen molar-refractivity contribution in [2.24, 2.45) is 5.73 Å². The van der Waals surface area contributed by atoms with Crippen molar-refractivity contribution in [2.75, 3.05) is 14.2 Å². The van der Waals surface area contributed by atoms with E-state index in [0.29, 0.717) is 11.5 Å². The minimum absolute atomic E-state index is 0.138. The summed E-state index contributed by atoms with van der Waals surface area (Å²) in [4.78, 5) is 0. The monoisotopic (exact) mass is 335 g/mol. The molecule has 0 radical (unpaired) electrons. The first-order valence-corrected chi connectivity index (χ1v) is 7.16. The average Bonchev–Trinajstić information content (AvgIpc) is 2.48. The number of nitrogens with two attached hydrogens (primary N) is 1. The van der Waals surface area contributed by atoms with Crippen LogP contribution in [0.5, 0.6) is 11.5 Å². The second-order valence-electron chi connectivity index (χ2n) is 4.52. The maximum Gasteiger partial charge on any atom is 0.165 e. The number of rotatable bonds is 5. The van der Waals surface area contributed by atoms with Gasteiger partial charge in [-0.15, -0.1) is 0 Å². The van der Waals surface area contributed by atoms with Crippen molar-refractivity contribution in [3.8, 4) is 11.5 Å². The molecule has 2 rings (SSSR count). The summed E-state index contributed by atoms with van der Waals surface area (Å²) >= 11 is 3.43. The first-order chi connectivity index (χ1) is 9.65. The van der Waals surface area contributed by atoms with Crippen LogP contribution in [0.1, 0.15) is 17.2 Å². The lowest BCUT2D eigenvalue weighted by Gasteiger charge is -2.18. The molecule has 1 atom stereocenters.